The van der Waals surface area contributed by atoms with Gasteiger partial charge in [0.2, 0.25) is 5.91 Å². The van der Waals surface area contributed by atoms with E-state index >= 15 is 0 Å². The largest absolute Gasteiger partial charge is 0.496 e. The van der Waals surface area contributed by atoms with Gasteiger partial charge in [-0.1, -0.05) is 6.07 Å². The van der Waals surface area contributed by atoms with Crippen LogP contribution in [0.25, 0.3) is 0 Å². The first kappa shape index (κ1) is 13.4. The van der Waals surface area contributed by atoms with Crippen LogP contribution in [-0.4, -0.2) is 37.2 Å². The Labute approximate surface area is 110 Å². The predicted octanol–water partition coefficient (Wildman–Crippen LogP) is 0.705. The van der Waals surface area contributed by atoms with E-state index in [9.17, 15) is 14.7 Å². The number of carboxylic acids is 1. The van der Waals surface area contributed by atoms with Gasteiger partial charge in [-0.15, -0.1) is 0 Å². The fraction of sp³-hybridized carbons (Fsp3) is 0.385. The molecule has 1 fully saturated rings. The SMILES string of the molecule is COc1cccc(N2CC(CN)CC2=O)c1C(=O)O. The molecule has 0 aliphatic carbocycles. The molecule has 6 nitrogen and oxygen atoms in total. The van der Waals surface area contributed by atoms with Gasteiger partial charge < -0.3 is 20.5 Å². The molecule has 0 aromatic heterocycles. The van der Waals surface area contributed by atoms with Gasteiger partial charge in [-0.3, -0.25) is 4.79 Å². The fourth-order valence-electron chi connectivity index (χ4n) is 2.30. The van der Waals surface area contributed by atoms with Gasteiger partial charge in [-0.25, -0.2) is 4.79 Å². The Morgan fingerprint density at radius 3 is 2.84 bits per heavy atom. The van der Waals surface area contributed by atoms with Crippen molar-refractivity contribution in [2.45, 2.75) is 6.42 Å². The third-order valence-electron chi connectivity index (χ3n) is 3.27. The number of rotatable bonds is 4. The van der Waals surface area contributed by atoms with Gasteiger partial charge in [0.25, 0.3) is 0 Å². The van der Waals surface area contributed by atoms with Gasteiger partial charge in [-0.05, 0) is 24.6 Å². The molecule has 0 bridgehead atoms. The lowest BCUT2D eigenvalue weighted by atomic mass is 10.1. The Kier molecular flexibility index (Phi) is 3.71. The van der Waals surface area contributed by atoms with E-state index in [0.717, 1.165) is 0 Å². The predicted molar refractivity (Wildman–Crippen MR) is 69.5 cm³/mol. The molecule has 102 valence electrons. The second-order valence-electron chi connectivity index (χ2n) is 4.47. The van der Waals surface area contributed by atoms with Crippen LogP contribution in [0, 0.1) is 5.92 Å². The zero-order valence-electron chi connectivity index (χ0n) is 10.6. The summed E-state index contributed by atoms with van der Waals surface area (Å²) in [5.74, 6) is -0.906. The zero-order valence-corrected chi connectivity index (χ0v) is 10.6. The maximum atomic E-state index is 12.0. The van der Waals surface area contributed by atoms with E-state index < -0.39 is 5.97 Å². The molecule has 2 rings (SSSR count). The average molecular weight is 264 g/mol. The molecule has 1 aliphatic rings. The van der Waals surface area contributed by atoms with E-state index in [-0.39, 0.29) is 23.1 Å². The quantitative estimate of drug-likeness (QED) is 0.835. The van der Waals surface area contributed by atoms with E-state index in [0.29, 0.717) is 25.2 Å². The monoisotopic (exact) mass is 264 g/mol. The van der Waals surface area contributed by atoms with Crippen molar-refractivity contribution in [1.29, 1.82) is 0 Å². The molecule has 3 N–H and O–H groups in total. The summed E-state index contributed by atoms with van der Waals surface area (Å²) in [6.45, 7) is 0.859. The lowest BCUT2D eigenvalue weighted by Gasteiger charge is -2.20. The molecule has 1 aliphatic heterocycles. The van der Waals surface area contributed by atoms with Crippen LogP contribution in [0.15, 0.2) is 18.2 Å². The Morgan fingerprint density at radius 2 is 2.32 bits per heavy atom. The Hall–Kier alpha value is -2.08. The molecule has 1 saturated heterocycles. The van der Waals surface area contributed by atoms with Gasteiger partial charge in [0.05, 0.1) is 12.8 Å². The van der Waals surface area contributed by atoms with Crippen LogP contribution < -0.4 is 15.4 Å². The average Bonchev–Trinajstić information content (AvgIpc) is 2.78. The number of hydrogen-bond acceptors (Lipinski definition) is 4. The molecular formula is C13H16N2O4. The first-order chi connectivity index (χ1) is 9.08. The third-order valence-corrected chi connectivity index (χ3v) is 3.27. The smallest absolute Gasteiger partial charge is 0.341 e. The van der Waals surface area contributed by atoms with E-state index in [1.165, 1.54) is 12.0 Å². The van der Waals surface area contributed by atoms with Crippen molar-refractivity contribution in [2.75, 3.05) is 25.1 Å². The van der Waals surface area contributed by atoms with Crippen LogP contribution in [0.1, 0.15) is 16.8 Å². The molecule has 0 radical (unpaired) electrons. The molecule has 19 heavy (non-hydrogen) atoms. The fourth-order valence-corrected chi connectivity index (χ4v) is 2.30. The maximum Gasteiger partial charge on any atom is 0.341 e. The number of benzene rings is 1. The summed E-state index contributed by atoms with van der Waals surface area (Å²) in [5.41, 5.74) is 5.95. The normalized spacial score (nSPS) is 18.7. The van der Waals surface area contributed by atoms with E-state index in [1.54, 1.807) is 18.2 Å². The summed E-state index contributed by atoms with van der Waals surface area (Å²) in [7, 11) is 1.40. The van der Waals surface area contributed by atoms with Crippen LogP contribution in [0.3, 0.4) is 0 Å². The standard InChI is InChI=1S/C13H16N2O4/c1-19-10-4-2-3-9(12(10)13(17)18)15-7-8(6-14)5-11(15)16/h2-4,8H,5-7,14H2,1H3,(H,17,18). The second kappa shape index (κ2) is 5.27. The van der Waals surface area contributed by atoms with Crippen molar-refractivity contribution in [2.24, 2.45) is 11.7 Å². The topological polar surface area (TPSA) is 92.9 Å². The summed E-state index contributed by atoms with van der Waals surface area (Å²) >= 11 is 0. The third kappa shape index (κ3) is 2.39. The van der Waals surface area contributed by atoms with E-state index in [4.69, 9.17) is 10.5 Å². The number of carboxylic acid groups (broad SMARTS) is 1. The molecule has 1 heterocycles. The number of carbonyl (C=O) groups excluding carboxylic acids is 1. The number of carbonyl (C=O) groups is 2. The first-order valence-electron chi connectivity index (χ1n) is 5.99. The summed E-state index contributed by atoms with van der Waals surface area (Å²) in [5, 5.41) is 9.30. The Bertz CT molecular complexity index is 515. The van der Waals surface area contributed by atoms with Gasteiger partial charge in [-0.2, -0.15) is 0 Å². The minimum Gasteiger partial charge on any atom is -0.496 e. The minimum absolute atomic E-state index is 0.0102. The van der Waals surface area contributed by atoms with Crippen LogP contribution >= 0.6 is 0 Å². The number of amides is 1. The van der Waals surface area contributed by atoms with Crippen molar-refractivity contribution in [1.82, 2.24) is 0 Å². The molecule has 1 amide bonds. The number of aromatic carboxylic acids is 1. The van der Waals surface area contributed by atoms with E-state index in [2.05, 4.69) is 0 Å². The highest BCUT2D eigenvalue weighted by Crippen LogP contribution is 2.33. The Morgan fingerprint density at radius 1 is 1.58 bits per heavy atom. The van der Waals surface area contributed by atoms with Crippen LogP contribution in [0.4, 0.5) is 5.69 Å². The number of methoxy groups -OCH3 is 1. The van der Waals surface area contributed by atoms with Gasteiger partial charge in [0.1, 0.15) is 11.3 Å². The van der Waals surface area contributed by atoms with Crippen LogP contribution in [-0.2, 0) is 4.79 Å². The number of hydrogen-bond donors (Lipinski definition) is 2. The van der Waals surface area contributed by atoms with Crippen LogP contribution in [0.5, 0.6) is 5.75 Å². The van der Waals surface area contributed by atoms with Crippen molar-refractivity contribution in [3.05, 3.63) is 23.8 Å². The number of nitrogens with two attached hydrogens (primary N) is 1. The number of nitrogens with zero attached hydrogens (tertiary/aromatic N) is 1. The second-order valence-corrected chi connectivity index (χ2v) is 4.47. The molecular weight excluding hydrogens is 248 g/mol. The molecule has 6 heteroatoms. The number of anilines is 1. The minimum atomic E-state index is -1.11. The highest BCUT2D eigenvalue weighted by Gasteiger charge is 2.32. The molecule has 0 spiro atoms. The molecule has 1 aromatic rings. The number of ether oxygens (including phenoxy) is 1. The van der Waals surface area contributed by atoms with Gasteiger partial charge >= 0.3 is 5.97 Å². The lowest BCUT2D eigenvalue weighted by molar-refractivity contribution is -0.117. The first-order valence-corrected chi connectivity index (χ1v) is 5.99. The summed E-state index contributed by atoms with van der Waals surface area (Å²) in [6, 6.07) is 4.85. The van der Waals surface area contributed by atoms with Gasteiger partial charge in [0.15, 0.2) is 0 Å². The van der Waals surface area contributed by atoms with Crippen LogP contribution in [0.2, 0.25) is 0 Å². The lowest BCUT2D eigenvalue weighted by Crippen LogP contribution is -2.27. The molecule has 1 aromatic carbocycles. The van der Waals surface area contributed by atoms with Crippen molar-refractivity contribution < 1.29 is 19.4 Å². The van der Waals surface area contributed by atoms with Crippen molar-refractivity contribution in [3.63, 3.8) is 0 Å². The summed E-state index contributed by atoms with van der Waals surface area (Å²) in [4.78, 5) is 24.8. The zero-order chi connectivity index (χ0) is 14.0. The summed E-state index contributed by atoms with van der Waals surface area (Å²) < 4.78 is 5.05. The molecule has 1 atom stereocenters. The van der Waals surface area contributed by atoms with E-state index in [1.807, 2.05) is 0 Å². The maximum absolute atomic E-state index is 12.0. The Balaban J connectivity index is 2.45. The van der Waals surface area contributed by atoms with Crippen molar-refractivity contribution >= 4 is 17.6 Å². The highest BCUT2D eigenvalue weighted by molar-refractivity contribution is 6.04. The highest BCUT2D eigenvalue weighted by atomic mass is 16.5. The van der Waals surface area contributed by atoms with Crippen molar-refractivity contribution in [3.8, 4) is 5.75 Å². The molecule has 1 unspecified atom stereocenters. The molecule has 0 saturated carbocycles. The van der Waals surface area contributed by atoms with Gasteiger partial charge in [0, 0.05) is 13.0 Å². The summed E-state index contributed by atoms with van der Waals surface area (Å²) in [6.07, 6.45) is 0.354.